The largest absolute Gasteiger partial charge is 0.478 e. The molecule has 1 saturated heterocycles. The van der Waals surface area contributed by atoms with Gasteiger partial charge in [0.1, 0.15) is 0 Å². The Labute approximate surface area is 71.5 Å². The lowest BCUT2D eigenvalue weighted by Crippen LogP contribution is -2.20. The number of carboxylic acids is 1. The average molecular weight is 187 g/mol. The number of hydrogen-bond acceptors (Lipinski definition) is 5. The second-order valence-corrected chi connectivity index (χ2v) is 2.87. The highest BCUT2D eigenvalue weighted by Gasteiger charge is 2.24. The monoisotopic (exact) mass is 187 g/mol. The molecule has 0 aromatic rings. The Hall–Kier alpha value is -1.50. The summed E-state index contributed by atoms with van der Waals surface area (Å²) in [7, 11) is 0. The van der Waals surface area contributed by atoms with E-state index in [-0.39, 0.29) is 10.1 Å². The molecule has 64 valence electrons. The molecule has 1 rings (SSSR count). The van der Waals surface area contributed by atoms with Crippen LogP contribution in [0.1, 0.15) is 0 Å². The van der Waals surface area contributed by atoms with Gasteiger partial charge in [0.15, 0.2) is 5.17 Å². The van der Waals surface area contributed by atoms with Gasteiger partial charge in [-0.1, -0.05) is 0 Å². The number of aliphatic carboxylic acids is 1. The zero-order valence-corrected chi connectivity index (χ0v) is 6.59. The first-order valence-corrected chi connectivity index (χ1v) is 3.67. The van der Waals surface area contributed by atoms with E-state index >= 15 is 0 Å². The van der Waals surface area contributed by atoms with Gasteiger partial charge in [0.2, 0.25) is 0 Å². The van der Waals surface area contributed by atoms with Crippen LogP contribution < -0.4 is 11.2 Å². The topological polar surface area (TPSA) is 105 Å². The standard InChI is InChI=1S/C5H5N3O3S/c6-8-5-7-4(11)2(12-5)1-3(9)10/h1H,6H2,(H,9,10)(H,7,8,11). The highest BCUT2D eigenvalue weighted by molar-refractivity contribution is 8.18. The minimum absolute atomic E-state index is 0.0756. The summed E-state index contributed by atoms with van der Waals surface area (Å²) in [5, 5.41) is 14.0. The van der Waals surface area contributed by atoms with E-state index in [0.717, 1.165) is 17.8 Å². The Balaban J connectivity index is 2.84. The maximum Gasteiger partial charge on any atom is 0.329 e. The van der Waals surface area contributed by atoms with Crippen LogP contribution in [0.5, 0.6) is 0 Å². The van der Waals surface area contributed by atoms with Crippen molar-refractivity contribution < 1.29 is 14.7 Å². The molecule has 7 heteroatoms. The number of thioether (sulfide) groups is 1. The molecular formula is C5H5N3O3S. The van der Waals surface area contributed by atoms with Gasteiger partial charge in [-0.15, -0.1) is 0 Å². The number of nitrogens with zero attached hydrogens (tertiary/aromatic N) is 1. The summed E-state index contributed by atoms with van der Waals surface area (Å²) in [6.45, 7) is 0. The first-order valence-electron chi connectivity index (χ1n) is 2.85. The summed E-state index contributed by atoms with van der Waals surface area (Å²) in [5.74, 6) is 3.20. The molecule has 1 aliphatic heterocycles. The lowest BCUT2D eigenvalue weighted by Gasteiger charge is -1.85. The van der Waals surface area contributed by atoms with Crippen LogP contribution in [0.2, 0.25) is 0 Å². The molecule has 4 N–H and O–H groups in total. The molecule has 0 saturated carbocycles. The van der Waals surface area contributed by atoms with E-state index in [1.165, 1.54) is 0 Å². The van der Waals surface area contributed by atoms with E-state index in [2.05, 4.69) is 10.4 Å². The maximum atomic E-state index is 10.9. The third kappa shape index (κ3) is 1.76. The molecule has 1 aliphatic rings. The number of nitrogens with two attached hydrogens (primary N) is 1. The average Bonchev–Trinajstić information content (AvgIpc) is 2.31. The van der Waals surface area contributed by atoms with Crippen molar-refractivity contribution in [1.82, 2.24) is 5.32 Å². The van der Waals surface area contributed by atoms with Crippen LogP contribution in [0.15, 0.2) is 16.1 Å². The fourth-order valence-electron chi connectivity index (χ4n) is 0.601. The number of amidine groups is 1. The van der Waals surface area contributed by atoms with Gasteiger partial charge in [-0.3, -0.25) is 10.1 Å². The highest BCUT2D eigenvalue weighted by Crippen LogP contribution is 2.22. The molecular weight excluding hydrogens is 182 g/mol. The predicted octanol–water partition coefficient (Wildman–Crippen LogP) is -0.952. The number of hydrogen-bond donors (Lipinski definition) is 3. The Morgan fingerprint density at radius 3 is 2.83 bits per heavy atom. The summed E-state index contributed by atoms with van der Waals surface area (Å²) in [6.07, 6.45) is 0.804. The Bertz CT molecular complexity index is 296. The lowest BCUT2D eigenvalue weighted by atomic mass is 10.5. The summed E-state index contributed by atoms with van der Waals surface area (Å²) in [6, 6.07) is 0. The van der Waals surface area contributed by atoms with Gasteiger partial charge >= 0.3 is 5.97 Å². The Morgan fingerprint density at radius 2 is 2.42 bits per heavy atom. The minimum atomic E-state index is -1.18. The maximum absolute atomic E-state index is 10.9. The van der Waals surface area contributed by atoms with E-state index < -0.39 is 11.9 Å². The second-order valence-electron chi connectivity index (χ2n) is 1.84. The second kappa shape index (κ2) is 3.26. The molecule has 1 heterocycles. The number of nitrogens with one attached hydrogen (secondary N) is 1. The van der Waals surface area contributed by atoms with Gasteiger partial charge in [-0.25, -0.2) is 4.79 Å². The zero-order chi connectivity index (χ0) is 9.14. The molecule has 0 bridgehead atoms. The number of rotatable bonds is 1. The fourth-order valence-corrected chi connectivity index (χ4v) is 1.31. The molecule has 1 amide bonds. The zero-order valence-electron chi connectivity index (χ0n) is 5.77. The molecule has 6 nitrogen and oxygen atoms in total. The smallest absolute Gasteiger partial charge is 0.329 e. The third-order valence-corrected chi connectivity index (χ3v) is 1.95. The van der Waals surface area contributed by atoms with Crippen LogP contribution in [0.4, 0.5) is 0 Å². The van der Waals surface area contributed by atoms with Gasteiger partial charge in [-0.2, -0.15) is 5.10 Å². The number of carbonyl (C=O) groups is 2. The van der Waals surface area contributed by atoms with Crippen LogP contribution in [-0.4, -0.2) is 22.2 Å². The Kier molecular flexibility index (Phi) is 2.34. The highest BCUT2D eigenvalue weighted by atomic mass is 32.2. The minimum Gasteiger partial charge on any atom is -0.478 e. The summed E-state index contributed by atoms with van der Waals surface area (Å²) in [4.78, 5) is 21.1. The molecule has 0 aliphatic carbocycles. The van der Waals surface area contributed by atoms with Gasteiger partial charge in [-0.05, 0) is 11.8 Å². The lowest BCUT2D eigenvalue weighted by molar-refractivity contribution is -0.131. The van der Waals surface area contributed by atoms with Crippen molar-refractivity contribution in [1.29, 1.82) is 0 Å². The van der Waals surface area contributed by atoms with Crippen molar-refractivity contribution in [3.05, 3.63) is 11.0 Å². The molecule has 0 aromatic carbocycles. The van der Waals surface area contributed by atoms with Gasteiger partial charge in [0.25, 0.3) is 5.91 Å². The van der Waals surface area contributed by atoms with E-state index in [0.29, 0.717) is 0 Å². The summed E-state index contributed by atoms with van der Waals surface area (Å²) < 4.78 is 0. The first kappa shape index (κ1) is 8.60. The van der Waals surface area contributed by atoms with Crippen molar-refractivity contribution in [2.45, 2.75) is 0 Å². The van der Waals surface area contributed by atoms with Gasteiger partial charge < -0.3 is 10.9 Å². The number of amides is 1. The molecule has 1 fully saturated rings. The Morgan fingerprint density at radius 1 is 1.75 bits per heavy atom. The quantitative estimate of drug-likeness (QED) is 0.279. The summed E-state index contributed by atoms with van der Waals surface area (Å²) in [5.41, 5.74) is 0. The van der Waals surface area contributed by atoms with Crippen molar-refractivity contribution in [2.24, 2.45) is 10.9 Å². The molecule has 0 unspecified atom stereocenters. The van der Waals surface area contributed by atoms with Gasteiger partial charge in [0.05, 0.1) is 4.91 Å². The number of carbonyl (C=O) groups excluding carboxylic acids is 1. The van der Waals surface area contributed by atoms with Crippen molar-refractivity contribution in [3.63, 3.8) is 0 Å². The van der Waals surface area contributed by atoms with Crippen LogP contribution >= 0.6 is 11.8 Å². The van der Waals surface area contributed by atoms with Crippen LogP contribution in [0.3, 0.4) is 0 Å². The van der Waals surface area contributed by atoms with Crippen LogP contribution in [0.25, 0.3) is 0 Å². The normalized spacial score (nSPS) is 23.2. The number of hydrazone groups is 1. The molecule has 12 heavy (non-hydrogen) atoms. The van der Waals surface area contributed by atoms with E-state index in [1.807, 2.05) is 0 Å². The van der Waals surface area contributed by atoms with E-state index in [4.69, 9.17) is 10.9 Å². The SMILES string of the molecule is NN=C1NC(=O)C(=CC(=O)O)S1. The van der Waals surface area contributed by atoms with Crippen molar-refractivity contribution in [2.75, 3.05) is 0 Å². The van der Waals surface area contributed by atoms with Gasteiger partial charge in [0, 0.05) is 6.08 Å². The van der Waals surface area contributed by atoms with Crippen molar-refractivity contribution in [3.8, 4) is 0 Å². The predicted molar refractivity (Wildman–Crippen MR) is 43.1 cm³/mol. The van der Waals surface area contributed by atoms with E-state index in [1.54, 1.807) is 0 Å². The van der Waals surface area contributed by atoms with Crippen LogP contribution in [-0.2, 0) is 9.59 Å². The van der Waals surface area contributed by atoms with E-state index in [9.17, 15) is 9.59 Å². The summed E-state index contributed by atoms with van der Waals surface area (Å²) >= 11 is 0.892. The molecule has 0 atom stereocenters. The molecule has 0 aromatic heterocycles. The molecule has 0 spiro atoms. The van der Waals surface area contributed by atoms with Crippen LogP contribution in [0, 0.1) is 0 Å². The fraction of sp³-hybridized carbons (Fsp3) is 0. The molecule has 0 radical (unpaired) electrons. The number of carboxylic acid groups (broad SMARTS) is 1. The third-order valence-electron chi connectivity index (χ3n) is 1.02. The first-order chi connectivity index (χ1) is 5.63. The van der Waals surface area contributed by atoms with Crippen molar-refractivity contribution >= 4 is 28.8 Å².